The molecule has 4 aromatic rings. The van der Waals surface area contributed by atoms with Gasteiger partial charge in [0.2, 0.25) is 11.7 Å². The average molecular weight is 392 g/mol. The molecule has 9 heteroatoms. The molecule has 140 valence electrons. The molecular weight excluding hydrogens is 376 g/mol. The van der Waals surface area contributed by atoms with Crippen molar-refractivity contribution in [3.05, 3.63) is 65.2 Å². The van der Waals surface area contributed by atoms with Crippen LogP contribution in [0.5, 0.6) is 5.75 Å². The number of hydrogen-bond donors (Lipinski definition) is 1. The molecule has 0 aliphatic rings. The standard InChI is InChI=1S/C19H16N6O2S/c1-27-16-4-2-3-14(9-16)19-21-15(11-28-19)10-25-23-18(22-24-25)13-7-5-12(6-8-13)17(20)26/h2-9,11H,10H2,1H3,(H2,20,26). The molecule has 0 aliphatic carbocycles. The Bertz CT molecular complexity index is 1120. The molecule has 0 saturated carbocycles. The molecule has 0 saturated heterocycles. The summed E-state index contributed by atoms with van der Waals surface area (Å²) in [7, 11) is 1.64. The topological polar surface area (TPSA) is 109 Å². The number of hydrogen-bond acceptors (Lipinski definition) is 7. The highest BCUT2D eigenvalue weighted by molar-refractivity contribution is 7.13. The van der Waals surface area contributed by atoms with Crippen molar-refractivity contribution in [2.75, 3.05) is 7.11 Å². The number of methoxy groups -OCH3 is 1. The molecule has 2 N–H and O–H groups in total. The molecule has 1 amide bonds. The van der Waals surface area contributed by atoms with E-state index in [1.807, 2.05) is 29.6 Å². The van der Waals surface area contributed by atoms with Crippen LogP contribution in [0.4, 0.5) is 0 Å². The molecule has 0 bridgehead atoms. The number of thiazole rings is 1. The van der Waals surface area contributed by atoms with Gasteiger partial charge in [-0.1, -0.05) is 24.3 Å². The monoisotopic (exact) mass is 392 g/mol. The number of nitrogens with two attached hydrogens (primary N) is 1. The Morgan fingerprint density at radius 1 is 1.18 bits per heavy atom. The van der Waals surface area contributed by atoms with Crippen LogP contribution in [0.25, 0.3) is 22.0 Å². The number of amides is 1. The highest BCUT2D eigenvalue weighted by Crippen LogP contribution is 2.27. The van der Waals surface area contributed by atoms with Gasteiger partial charge in [-0.25, -0.2) is 4.98 Å². The Hall–Kier alpha value is -3.59. The Balaban J connectivity index is 1.50. The molecular formula is C19H16N6O2S. The first-order valence-electron chi connectivity index (χ1n) is 8.39. The van der Waals surface area contributed by atoms with Gasteiger partial charge in [-0.15, -0.1) is 21.5 Å². The van der Waals surface area contributed by atoms with Gasteiger partial charge in [-0.2, -0.15) is 4.80 Å². The maximum atomic E-state index is 11.2. The number of ether oxygens (including phenoxy) is 1. The lowest BCUT2D eigenvalue weighted by Crippen LogP contribution is -2.10. The minimum absolute atomic E-state index is 0.410. The van der Waals surface area contributed by atoms with Crippen LogP contribution in [0.1, 0.15) is 16.1 Å². The van der Waals surface area contributed by atoms with Crippen molar-refractivity contribution < 1.29 is 9.53 Å². The maximum Gasteiger partial charge on any atom is 0.248 e. The van der Waals surface area contributed by atoms with E-state index in [2.05, 4.69) is 20.4 Å². The normalized spacial score (nSPS) is 10.8. The Morgan fingerprint density at radius 2 is 2.00 bits per heavy atom. The van der Waals surface area contributed by atoms with E-state index in [0.717, 1.165) is 27.6 Å². The fraction of sp³-hybridized carbons (Fsp3) is 0.105. The van der Waals surface area contributed by atoms with Crippen LogP contribution >= 0.6 is 11.3 Å². The molecule has 4 rings (SSSR count). The van der Waals surface area contributed by atoms with Crippen LogP contribution in [0.2, 0.25) is 0 Å². The van der Waals surface area contributed by atoms with E-state index in [1.165, 1.54) is 4.80 Å². The van der Waals surface area contributed by atoms with Crippen molar-refractivity contribution in [2.24, 2.45) is 5.73 Å². The number of nitrogens with zero attached hydrogens (tertiary/aromatic N) is 5. The van der Waals surface area contributed by atoms with Crippen LogP contribution < -0.4 is 10.5 Å². The van der Waals surface area contributed by atoms with Crippen molar-refractivity contribution in [3.8, 4) is 27.7 Å². The summed E-state index contributed by atoms with van der Waals surface area (Å²) in [5, 5.41) is 15.4. The van der Waals surface area contributed by atoms with Gasteiger partial charge in [-0.3, -0.25) is 4.79 Å². The summed E-state index contributed by atoms with van der Waals surface area (Å²) in [6.07, 6.45) is 0. The Kier molecular flexibility index (Phi) is 4.81. The molecule has 0 unspecified atom stereocenters. The summed E-state index contributed by atoms with van der Waals surface area (Å²) in [6, 6.07) is 14.5. The van der Waals surface area contributed by atoms with Gasteiger partial charge in [0.05, 0.1) is 12.8 Å². The Labute approximate surface area is 164 Å². The van der Waals surface area contributed by atoms with Gasteiger partial charge >= 0.3 is 0 Å². The zero-order chi connectivity index (χ0) is 19.5. The lowest BCUT2D eigenvalue weighted by atomic mass is 10.1. The average Bonchev–Trinajstić information content (AvgIpc) is 3.38. The second-order valence-electron chi connectivity index (χ2n) is 5.96. The first-order chi connectivity index (χ1) is 13.6. The third kappa shape index (κ3) is 3.74. The Morgan fingerprint density at radius 3 is 2.75 bits per heavy atom. The molecule has 0 atom stereocenters. The summed E-state index contributed by atoms with van der Waals surface area (Å²) < 4.78 is 5.26. The van der Waals surface area contributed by atoms with Gasteiger partial charge in [0.1, 0.15) is 17.3 Å². The number of primary amides is 1. The molecule has 2 aromatic heterocycles. The second kappa shape index (κ2) is 7.57. The largest absolute Gasteiger partial charge is 0.497 e. The van der Waals surface area contributed by atoms with Crippen molar-refractivity contribution in [1.29, 1.82) is 0 Å². The fourth-order valence-electron chi connectivity index (χ4n) is 2.62. The number of rotatable bonds is 6. The summed E-state index contributed by atoms with van der Waals surface area (Å²) >= 11 is 1.55. The molecule has 0 fully saturated rings. The van der Waals surface area contributed by atoms with E-state index in [9.17, 15) is 4.79 Å². The summed E-state index contributed by atoms with van der Waals surface area (Å²) in [6.45, 7) is 0.410. The van der Waals surface area contributed by atoms with Gasteiger partial charge < -0.3 is 10.5 Å². The quantitative estimate of drug-likeness (QED) is 0.540. The molecule has 8 nitrogen and oxygen atoms in total. The molecule has 0 spiro atoms. The van der Waals surface area contributed by atoms with Crippen LogP contribution in [-0.2, 0) is 6.54 Å². The smallest absolute Gasteiger partial charge is 0.248 e. The number of tetrazole rings is 1. The van der Waals surface area contributed by atoms with E-state index in [0.29, 0.717) is 17.9 Å². The highest BCUT2D eigenvalue weighted by atomic mass is 32.1. The van der Waals surface area contributed by atoms with Crippen molar-refractivity contribution in [1.82, 2.24) is 25.2 Å². The molecule has 2 aromatic carbocycles. The van der Waals surface area contributed by atoms with Crippen molar-refractivity contribution in [2.45, 2.75) is 6.54 Å². The molecule has 2 heterocycles. The minimum atomic E-state index is -0.474. The third-order valence-electron chi connectivity index (χ3n) is 4.05. The summed E-state index contributed by atoms with van der Waals surface area (Å²) in [4.78, 5) is 17.3. The number of carbonyl (C=O) groups is 1. The van der Waals surface area contributed by atoms with Crippen LogP contribution in [0, 0.1) is 0 Å². The van der Waals surface area contributed by atoms with Crippen LogP contribution in [0.15, 0.2) is 53.9 Å². The van der Waals surface area contributed by atoms with Crippen LogP contribution in [0.3, 0.4) is 0 Å². The summed E-state index contributed by atoms with van der Waals surface area (Å²) in [5.74, 6) is 0.789. The zero-order valence-corrected chi connectivity index (χ0v) is 15.8. The SMILES string of the molecule is COc1cccc(-c2nc(Cn3nnc(-c4ccc(C(N)=O)cc4)n3)cs2)c1. The fourth-order valence-corrected chi connectivity index (χ4v) is 3.43. The first-order valence-corrected chi connectivity index (χ1v) is 9.27. The zero-order valence-electron chi connectivity index (χ0n) is 14.9. The van der Waals surface area contributed by atoms with E-state index < -0.39 is 5.91 Å². The molecule has 28 heavy (non-hydrogen) atoms. The van der Waals surface area contributed by atoms with Crippen LogP contribution in [-0.4, -0.2) is 38.2 Å². The number of benzene rings is 2. The van der Waals surface area contributed by atoms with Crippen molar-refractivity contribution >= 4 is 17.2 Å². The lowest BCUT2D eigenvalue weighted by Gasteiger charge is -2.01. The predicted molar refractivity (Wildman–Crippen MR) is 105 cm³/mol. The number of carbonyl (C=O) groups excluding carboxylic acids is 1. The first kappa shape index (κ1) is 17.8. The minimum Gasteiger partial charge on any atom is -0.497 e. The lowest BCUT2D eigenvalue weighted by molar-refractivity contribution is 0.100. The van der Waals surface area contributed by atoms with E-state index in [4.69, 9.17) is 10.5 Å². The van der Waals surface area contributed by atoms with Gasteiger partial charge in [0.25, 0.3) is 0 Å². The van der Waals surface area contributed by atoms with E-state index >= 15 is 0 Å². The van der Waals surface area contributed by atoms with Gasteiger partial charge in [0, 0.05) is 22.1 Å². The van der Waals surface area contributed by atoms with E-state index in [-0.39, 0.29) is 0 Å². The molecule has 0 aliphatic heterocycles. The maximum absolute atomic E-state index is 11.2. The molecule has 0 radical (unpaired) electrons. The number of aromatic nitrogens is 5. The summed E-state index contributed by atoms with van der Waals surface area (Å²) in [5.41, 5.74) is 8.28. The highest BCUT2D eigenvalue weighted by Gasteiger charge is 2.10. The van der Waals surface area contributed by atoms with Gasteiger partial charge in [-0.05, 0) is 29.5 Å². The predicted octanol–water partition coefficient (Wildman–Crippen LogP) is 2.62. The van der Waals surface area contributed by atoms with E-state index in [1.54, 1.807) is 42.7 Å². The van der Waals surface area contributed by atoms with Gasteiger partial charge in [0.15, 0.2) is 0 Å². The van der Waals surface area contributed by atoms with Crippen molar-refractivity contribution in [3.63, 3.8) is 0 Å². The third-order valence-corrected chi connectivity index (χ3v) is 4.99. The second-order valence-corrected chi connectivity index (χ2v) is 6.82.